The van der Waals surface area contributed by atoms with Crippen molar-refractivity contribution in [1.29, 1.82) is 0 Å². The number of anilines is 1. The summed E-state index contributed by atoms with van der Waals surface area (Å²) in [5, 5.41) is 4.44. The van der Waals surface area contributed by atoms with Gasteiger partial charge in [0.25, 0.3) is 0 Å². The van der Waals surface area contributed by atoms with E-state index in [-0.39, 0.29) is 17.6 Å². The van der Waals surface area contributed by atoms with Gasteiger partial charge in [-0.3, -0.25) is 4.79 Å². The third kappa shape index (κ3) is 4.46. The Morgan fingerprint density at radius 2 is 1.94 bits per heavy atom. The number of nitrogens with zero attached hydrogens (tertiary/aromatic N) is 2. The van der Waals surface area contributed by atoms with Gasteiger partial charge in [-0.05, 0) is 49.4 Å². The summed E-state index contributed by atoms with van der Waals surface area (Å²) in [6.45, 7) is 2.07. The molecule has 4 rings (SSSR count). The highest BCUT2D eigenvalue weighted by Crippen LogP contribution is 2.31. The summed E-state index contributed by atoms with van der Waals surface area (Å²) in [6, 6.07) is 12.3. The van der Waals surface area contributed by atoms with Crippen LogP contribution in [0.25, 0.3) is 21.9 Å². The highest BCUT2D eigenvalue weighted by molar-refractivity contribution is 8.00. The Hall–Kier alpha value is -3.59. The second-order valence-electron chi connectivity index (χ2n) is 6.57. The van der Waals surface area contributed by atoms with Crippen LogP contribution in [0.2, 0.25) is 0 Å². The van der Waals surface area contributed by atoms with Gasteiger partial charge < -0.3 is 19.8 Å². The number of aromatic amines is 1. The fraction of sp³-hybridized carbons (Fsp3) is 0.182. The number of hydrogen-bond donors (Lipinski definition) is 2. The number of nitrogens with one attached hydrogen (secondary N) is 2. The minimum Gasteiger partial charge on any atom is -0.497 e. The van der Waals surface area contributed by atoms with E-state index in [1.807, 2.05) is 18.2 Å². The molecule has 0 aliphatic heterocycles. The predicted molar refractivity (Wildman–Crippen MR) is 120 cm³/mol. The van der Waals surface area contributed by atoms with Crippen LogP contribution in [-0.2, 0) is 9.53 Å². The molecule has 2 N–H and O–H groups in total. The molecule has 2 aromatic carbocycles. The molecular formula is C22H20N4O4S. The number of H-pyrrole nitrogens is 1. The molecule has 0 spiro atoms. The summed E-state index contributed by atoms with van der Waals surface area (Å²) in [7, 11) is 1.62. The first-order chi connectivity index (χ1) is 15.1. The van der Waals surface area contributed by atoms with E-state index in [9.17, 15) is 9.59 Å². The number of ether oxygens (including phenoxy) is 2. The van der Waals surface area contributed by atoms with Crippen molar-refractivity contribution >= 4 is 51.3 Å². The molecule has 0 unspecified atom stereocenters. The van der Waals surface area contributed by atoms with Crippen molar-refractivity contribution in [2.45, 2.75) is 11.9 Å². The average molecular weight is 436 g/mol. The lowest BCUT2D eigenvalue weighted by atomic mass is 10.2. The summed E-state index contributed by atoms with van der Waals surface area (Å²) in [5.74, 6) is 0.345. The Morgan fingerprint density at radius 3 is 2.68 bits per heavy atom. The van der Waals surface area contributed by atoms with E-state index in [2.05, 4.69) is 20.3 Å². The Labute approximate surface area is 182 Å². The summed E-state index contributed by atoms with van der Waals surface area (Å²) in [5.41, 5.74) is 3.52. The predicted octanol–water partition coefficient (Wildman–Crippen LogP) is 4.03. The molecule has 0 fully saturated rings. The van der Waals surface area contributed by atoms with Crippen LogP contribution in [0.5, 0.6) is 5.75 Å². The number of amides is 1. The fourth-order valence-corrected chi connectivity index (χ4v) is 3.87. The molecule has 0 saturated heterocycles. The maximum Gasteiger partial charge on any atom is 0.338 e. The lowest BCUT2D eigenvalue weighted by Gasteiger charge is -2.06. The van der Waals surface area contributed by atoms with Crippen molar-refractivity contribution in [3.63, 3.8) is 0 Å². The van der Waals surface area contributed by atoms with E-state index in [0.717, 1.165) is 27.7 Å². The van der Waals surface area contributed by atoms with E-state index < -0.39 is 0 Å². The first-order valence-corrected chi connectivity index (χ1v) is 10.6. The lowest BCUT2D eigenvalue weighted by molar-refractivity contribution is -0.113. The number of thioether (sulfide) groups is 1. The first kappa shape index (κ1) is 20.7. The lowest BCUT2D eigenvalue weighted by Crippen LogP contribution is -2.14. The maximum absolute atomic E-state index is 12.4. The highest BCUT2D eigenvalue weighted by atomic mass is 32.2. The number of rotatable bonds is 7. The zero-order chi connectivity index (χ0) is 21.8. The molecule has 8 nitrogen and oxygen atoms in total. The molecule has 0 radical (unpaired) electrons. The number of carbonyl (C=O) groups excluding carboxylic acids is 2. The van der Waals surface area contributed by atoms with Crippen molar-refractivity contribution < 1.29 is 19.1 Å². The van der Waals surface area contributed by atoms with Crippen molar-refractivity contribution in [2.24, 2.45) is 0 Å². The van der Waals surface area contributed by atoms with Gasteiger partial charge in [0, 0.05) is 16.6 Å². The SMILES string of the molecule is CCOC(=O)c1ccc(NC(=O)CSc2ncnc3c2[nH]c2ccc(OC)cc23)cc1. The van der Waals surface area contributed by atoms with Crippen LogP contribution < -0.4 is 10.1 Å². The minimum atomic E-state index is -0.389. The van der Waals surface area contributed by atoms with Crippen molar-refractivity contribution in [3.05, 3.63) is 54.4 Å². The minimum absolute atomic E-state index is 0.171. The number of fused-ring (bicyclic) bond motifs is 3. The highest BCUT2D eigenvalue weighted by Gasteiger charge is 2.14. The van der Waals surface area contributed by atoms with Gasteiger partial charge in [0.05, 0.1) is 30.5 Å². The van der Waals surface area contributed by atoms with Gasteiger partial charge >= 0.3 is 5.97 Å². The van der Waals surface area contributed by atoms with Gasteiger partial charge in [0.2, 0.25) is 5.91 Å². The van der Waals surface area contributed by atoms with E-state index >= 15 is 0 Å². The summed E-state index contributed by atoms with van der Waals surface area (Å²) >= 11 is 1.32. The van der Waals surface area contributed by atoms with Gasteiger partial charge in [-0.1, -0.05) is 11.8 Å². The second-order valence-corrected chi connectivity index (χ2v) is 7.54. The molecule has 0 aliphatic carbocycles. The van der Waals surface area contributed by atoms with E-state index in [1.54, 1.807) is 38.3 Å². The number of hydrogen-bond acceptors (Lipinski definition) is 7. The molecule has 2 heterocycles. The Bertz CT molecular complexity index is 1250. The summed E-state index contributed by atoms with van der Waals surface area (Å²) in [6.07, 6.45) is 1.49. The fourth-order valence-electron chi connectivity index (χ4n) is 3.12. The zero-order valence-electron chi connectivity index (χ0n) is 17.0. The summed E-state index contributed by atoms with van der Waals surface area (Å²) < 4.78 is 10.3. The third-order valence-electron chi connectivity index (χ3n) is 4.57. The number of esters is 1. The molecule has 158 valence electrons. The summed E-state index contributed by atoms with van der Waals surface area (Å²) in [4.78, 5) is 36.2. The second kappa shape index (κ2) is 9.05. The molecular weight excluding hydrogens is 416 g/mol. The van der Waals surface area contributed by atoms with Crippen molar-refractivity contribution in [3.8, 4) is 5.75 Å². The number of aromatic nitrogens is 3. The number of carbonyl (C=O) groups is 2. The van der Waals surface area contributed by atoms with E-state index in [1.165, 1.54) is 18.1 Å². The quantitative estimate of drug-likeness (QED) is 0.256. The van der Waals surface area contributed by atoms with Crippen LogP contribution in [0.4, 0.5) is 5.69 Å². The standard InChI is InChI=1S/C22H20N4O4S/c1-3-30-22(28)13-4-6-14(7-5-13)25-18(27)11-31-21-20-19(23-12-24-21)16-10-15(29-2)8-9-17(16)26-20/h4-10,12,26H,3,11H2,1-2H3,(H,25,27). The smallest absolute Gasteiger partial charge is 0.338 e. The number of benzene rings is 2. The third-order valence-corrected chi connectivity index (χ3v) is 5.56. The van der Waals surface area contributed by atoms with Gasteiger partial charge in [-0.15, -0.1) is 0 Å². The zero-order valence-corrected chi connectivity index (χ0v) is 17.8. The van der Waals surface area contributed by atoms with Crippen molar-refractivity contribution in [2.75, 3.05) is 24.8 Å². The van der Waals surface area contributed by atoms with Crippen LogP contribution >= 0.6 is 11.8 Å². The van der Waals surface area contributed by atoms with Gasteiger partial charge in [-0.2, -0.15) is 0 Å². The Balaban J connectivity index is 1.45. The normalized spacial score (nSPS) is 10.9. The van der Waals surface area contributed by atoms with Gasteiger partial charge in [-0.25, -0.2) is 14.8 Å². The molecule has 0 saturated carbocycles. The maximum atomic E-state index is 12.4. The van der Waals surface area contributed by atoms with Gasteiger partial charge in [0.15, 0.2) is 0 Å². The Kier molecular flexibility index (Phi) is 6.03. The van der Waals surface area contributed by atoms with E-state index in [0.29, 0.717) is 22.9 Å². The van der Waals surface area contributed by atoms with Crippen LogP contribution in [0.1, 0.15) is 17.3 Å². The van der Waals surface area contributed by atoms with Crippen LogP contribution in [0.15, 0.2) is 53.8 Å². The molecule has 2 aromatic heterocycles. The topological polar surface area (TPSA) is 106 Å². The van der Waals surface area contributed by atoms with Crippen LogP contribution in [0.3, 0.4) is 0 Å². The number of methoxy groups -OCH3 is 1. The molecule has 0 bridgehead atoms. The molecule has 0 aliphatic rings. The van der Waals surface area contributed by atoms with Crippen molar-refractivity contribution in [1.82, 2.24) is 15.0 Å². The Morgan fingerprint density at radius 1 is 1.13 bits per heavy atom. The average Bonchev–Trinajstić information content (AvgIpc) is 3.16. The monoisotopic (exact) mass is 436 g/mol. The van der Waals surface area contributed by atoms with Crippen LogP contribution in [-0.4, -0.2) is 46.3 Å². The molecule has 9 heteroatoms. The molecule has 0 atom stereocenters. The van der Waals surface area contributed by atoms with E-state index in [4.69, 9.17) is 9.47 Å². The largest absolute Gasteiger partial charge is 0.497 e. The van der Waals surface area contributed by atoms with Gasteiger partial charge in [0.1, 0.15) is 22.6 Å². The van der Waals surface area contributed by atoms with Crippen LogP contribution in [0, 0.1) is 0 Å². The first-order valence-electron chi connectivity index (χ1n) is 9.59. The molecule has 4 aromatic rings. The molecule has 1 amide bonds. The molecule has 31 heavy (non-hydrogen) atoms.